The lowest BCUT2D eigenvalue weighted by Crippen LogP contribution is -2.63. The van der Waals surface area contributed by atoms with Crippen LogP contribution in [0.5, 0.6) is 5.75 Å². The monoisotopic (exact) mass is 310 g/mol. The molecule has 1 aliphatic heterocycles. The van der Waals surface area contributed by atoms with Gasteiger partial charge in [-0.1, -0.05) is 31.0 Å². The minimum absolute atomic E-state index is 0.0727. The maximum Gasteiger partial charge on any atom is 0.387 e. The van der Waals surface area contributed by atoms with E-state index in [1.54, 1.807) is 24.3 Å². The third-order valence-corrected chi connectivity index (χ3v) is 4.68. The molecule has 120 valence electrons. The highest BCUT2D eigenvalue weighted by atomic mass is 19.3. The molecule has 1 saturated carbocycles. The van der Waals surface area contributed by atoms with Crippen molar-refractivity contribution in [2.45, 2.75) is 44.4 Å². The van der Waals surface area contributed by atoms with Gasteiger partial charge in [-0.15, -0.1) is 0 Å². The van der Waals surface area contributed by atoms with Crippen LogP contribution in [-0.2, 0) is 11.3 Å². The Kier molecular flexibility index (Phi) is 4.29. The van der Waals surface area contributed by atoms with Gasteiger partial charge in [-0.25, -0.2) is 0 Å². The third kappa shape index (κ3) is 2.79. The van der Waals surface area contributed by atoms with Crippen molar-refractivity contribution in [2.24, 2.45) is 0 Å². The fourth-order valence-electron chi connectivity index (χ4n) is 3.61. The van der Waals surface area contributed by atoms with Crippen LogP contribution in [0.15, 0.2) is 24.3 Å². The first kappa shape index (κ1) is 15.2. The van der Waals surface area contributed by atoms with Gasteiger partial charge < -0.3 is 10.1 Å². The van der Waals surface area contributed by atoms with Crippen molar-refractivity contribution in [3.05, 3.63) is 29.8 Å². The summed E-state index contributed by atoms with van der Waals surface area (Å²) in [6.07, 6.45) is 3.71. The standard InChI is InChI=1S/C16H20F2N2O2/c17-15(18)22-13-6-2-1-5-12(13)11-20-10-9-19-14(21)16(20)7-3-4-8-16/h1-2,5-6,15H,3-4,7-11H2,(H,19,21). The van der Waals surface area contributed by atoms with E-state index in [0.29, 0.717) is 18.7 Å². The number of hydrogen-bond donors (Lipinski definition) is 1. The molecule has 2 aliphatic rings. The van der Waals surface area contributed by atoms with Crippen molar-refractivity contribution in [1.29, 1.82) is 0 Å². The molecule has 1 heterocycles. The van der Waals surface area contributed by atoms with Gasteiger partial charge >= 0.3 is 6.61 Å². The van der Waals surface area contributed by atoms with Crippen LogP contribution in [0.1, 0.15) is 31.2 Å². The van der Waals surface area contributed by atoms with E-state index >= 15 is 0 Å². The number of ether oxygens (including phenoxy) is 1. The zero-order valence-corrected chi connectivity index (χ0v) is 12.4. The molecule has 0 bridgehead atoms. The van der Waals surface area contributed by atoms with Crippen LogP contribution in [-0.4, -0.2) is 36.0 Å². The van der Waals surface area contributed by atoms with Crippen LogP contribution in [0.4, 0.5) is 8.78 Å². The van der Waals surface area contributed by atoms with Gasteiger partial charge in [-0.2, -0.15) is 8.78 Å². The van der Waals surface area contributed by atoms with Crippen LogP contribution < -0.4 is 10.1 Å². The second-order valence-corrected chi connectivity index (χ2v) is 5.90. The summed E-state index contributed by atoms with van der Waals surface area (Å²) < 4.78 is 29.7. The van der Waals surface area contributed by atoms with Gasteiger partial charge in [-0.05, 0) is 18.9 Å². The summed E-state index contributed by atoms with van der Waals surface area (Å²) in [5.74, 6) is 0.264. The average Bonchev–Trinajstić information content (AvgIpc) is 2.96. The second kappa shape index (κ2) is 6.20. The first-order valence-corrected chi connectivity index (χ1v) is 7.68. The third-order valence-electron chi connectivity index (χ3n) is 4.68. The number of benzene rings is 1. The first-order chi connectivity index (χ1) is 10.6. The lowest BCUT2D eigenvalue weighted by molar-refractivity contribution is -0.137. The number of para-hydroxylation sites is 1. The maximum absolute atomic E-state index is 12.5. The Balaban J connectivity index is 1.84. The molecule has 2 fully saturated rings. The van der Waals surface area contributed by atoms with Crippen LogP contribution in [0.3, 0.4) is 0 Å². The predicted molar refractivity (Wildman–Crippen MR) is 77.7 cm³/mol. The van der Waals surface area contributed by atoms with Gasteiger partial charge in [0.2, 0.25) is 5.91 Å². The number of halogens is 2. The molecule has 22 heavy (non-hydrogen) atoms. The Morgan fingerprint density at radius 1 is 1.27 bits per heavy atom. The fraction of sp³-hybridized carbons (Fsp3) is 0.562. The summed E-state index contributed by atoms with van der Waals surface area (Å²) in [6, 6.07) is 6.81. The molecule has 1 saturated heterocycles. The van der Waals surface area contributed by atoms with Crippen molar-refractivity contribution < 1.29 is 18.3 Å². The molecule has 1 amide bonds. The van der Waals surface area contributed by atoms with E-state index in [0.717, 1.165) is 32.2 Å². The van der Waals surface area contributed by atoms with Crippen LogP contribution >= 0.6 is 0 Å². The zero-order valence-electron chi connectivity index (χ0n) is 12.4. The fourth-order valence-corrected chi connectivity index (χ4v) is 3.61. The summed E-state index contributed by atoms with van der Waals surface area (Å²) in [5, 5.41) is 2.95. The predicted octanol–water partition coefficient (Wildman–Crippen LogP) is 2.53. The van der Waals surface area contributed by atoms with Crippen molar-refractivity contribution >= 4 is 5.91 Å². The first-order valence-electron chi connectivity index (χ1n) is 7.68. The zero-order chi connectivity index (χ0) is 15.6. The molecule has 0 aromatic heterocycles. The number of rotatable bonds is 4. The molecular weight excluding hydrogens is 290 g/mol. The summed E-state index contributed by atoms with van der Waals surface area (Å²) in [7, 11) is 0. The Labute approximate surface area is 128 Å². The summed E-state index contributed by atoms with van der Waals surface area (Å²) in [4.78, 5) is 14.5. The largest absolute Gasteiger partial charge is 0.434 e. The highest BCUT2D eigenvalue weighted by Crippen LogP contribution is 2.38. The molecule has 4 nitrogen and oxygen atoms in total. The van der Waals surface area contributed by atoms with Crippen molar-refractivity contribution in [1.82, 2.24) is 10.2 Å². The van der Waals surface area contributed by atoms with Gasteiger partial charge in [-0.3, -0.25) is 9.69 Å². The molecule has 3 rings (SSSR count). The lowest BCUT2D eigenvalue weighted by Gasteiger charge is -2.43. The Morgan fingerprint density at radius 2 is 2.00 bits per heavy atom. The van der Waals surface area contributed by atoms with E-state index in [2.05, 4.69) is 15.0 Å². The van der Waals surface area contributed by atoms with Crippen LogP contribution in [0.25, 0.3) is 0 Å². The van der Waals surface area contributed by atoms with Gasteiger partial charge in [0.1, 0.15) is 11.3 Å². The van der Waals surface area contributed by atoms with E-state index in [1.807, 2.05) is 0 Å². The lowest BCUT2D eigenvalue weighted by atomic mass is 9.91. The number of carbonyl (C=O) groups excluding carboxylic acids is 1. The minimum Gasteiger partial charge on any atom is -0.434 e. The summed E-state index contributed by atoms with van der Waals surface area (Å²) in [6.45, 7) is -1.06. The van der Waals surface area contributed by atoms with E-state index in [-0.39, 0.29) is 11.7 Å². The van der Waals surface area contributed by atoms with Crippen molar-refractivity contribution in [3.8, 4) is 5.75 Å². The van der Waals surface area contributed by atoms with Crippen molar-refractivity contribution in [3.63, 3.8) is 0 Å². The molecule has 0 radical (unpaired) electrons. The molecule has 6 heteroatoms. The number of carbonyl (C=O) groups is 1. The summed E-state index contributed by atoms with van der Waals surface area (Å²) in [5.41, 5.74) is 0.222. The average molecular weight is 310 g/mol. The van der Waals surface area contributed by atoms with Gasteiger partial charge in [0.15, 0.2) is 0 Å². The molecule has 0 atom stereocenters. The molecule has 1 N–H and O–H groups in total. The quantitative estimate of drug-likeness (QED) is 0.929. The molecule has 1 spiro atoms. The normalized spacial score (nSPS) is 21.3. The van der Waals surface area contributed by atoms with E-state index < -0.39 is 12.2 Å². The Hall–Kier alpha value is -1.69. The number of alkyl halides is 2. The molecule has 1 aromatic rings. The van der Waals surface area contributed by atoms with Crippen molar-refractivity contribution in [2.75, 3.05) is 13.1 Å². The second-order valence-electron chi connectivity index (χ2n) is 5.90. The van der Waals surface area contributed by atoms with Gasteiger partial charge in [0.25, 0.3) is 0 Å². The maximum atomic E-state index is 12.5. The van der Waals surface area contributed by atoms with Crippen LogP contribution in [0.2, 0.25) is 0 Å². The van der Waals surface area contributed by atoms with E-state index in [4.69, 9.17) is 0 Å². The van der Waals surface area contributed by atoms with Gasteiger partial charge in [0.05, 0.1) is 0 Å². The number of amides is 1. The Bertz CT molecular complexity index is 545. The molecular formula is C16H20F2N2O2. The van der Waals surface area contributed by atoms with E-state index in [9.17, 15) is 13.6 Å². The number of hydrogen-bond acceptors (Lipinski definition) is 3. The molecule has 0 unspecified atom stereocenters. The number of nitrogens with one attached hydrogen (secondary N) is 1. The summed E-state index contributed by atoms with van der Waals surface area (Å²) >= 11 is 0. The van der Waals surface area contributed by atoms with Crippen LogP contribution in [0, 0.1) is 0 Å². The van der Waals surface area contributed by atoms with E-state index in [1.165, 1.54) is 0 Å². The highest BCUT2D eigenvalue weighted by Gasteiger charge is 2.47. The minimum atomic E-state index is -2.84. The molecule has 1 aromatic carbocycles. The Morgan fingerprint density at radius 3 is 2.73 bits per heavy atom. The smallest absolute Gasteiger partial charge is 0.387 e. The highest BCUT2D eigenvalue weighted by molar-refractivity contribution is 5.87. The molecule has 1 aliphatic carbocycles. The van der Waals surface area contributed by atoms with Gasteiger partial charge in [0, 0.05) is 25.2 Å². The number of piperazine rings is 1. The number of nitrogens with zero attached hydrogens (tertiary/aromatic N) is 1. The SMILES string of the molecule is O=C1NCCN(Cc2ccccc2OC(F)F)C12CCCC2. The topological polar surface area (TPSA) is 41.6 Å².